The highest BCUT2D eigenvalue weighted by Gasteiger charge is 2.08. The Labute approximate surface area is 140 Å². The summed E-state index contributed by atoms with van der Waals surface area (Å²) >= 11 is 3.10. The molecule has 0 bridgehead atoms. The first-order chi connectivity index (χ1) is 11.4. The van der Waals surface area contributed by atoms with E-state index in [-0.39, 0.29) is 0 Å². The first-order valence-electron chi connectivity index (χ1n) is 6.87. The molecule has 0 aromatic carbocycles. The predicted octanol–water partition coefficient (Wildman–Crippen LogP) is 4.47. The van der Waals surface area contributed by atoms with Crippen LogP contribution in [0.5, 0.6) is 0 Å². The summed E-state index contributed by atoms with van der Waals surface area (Å²) in [4.78, 5) is 17.4. The van der Waals surface area contributed by atoms with Gasteiger partial charge in [0.15, 0.2) is 10.3 Å². The van der Waals surface area contributed by atoms with E-state index in [9.17, 15) is 0 Å². The van der Waals surface area contributed by atoms with Crippen LogP contribution in [0.3, 0.4) is 0 Å². The van der Waals surface area contributed by atoms with Crippen LogP contribution in [0, 0.1) is 0 Å². The standard InChI is InChI=1S/C16H11N5S2/c1-3-11(7-17-5-1)13-9-22-15(19-13)21-16-20-14(10-23-16)12-4-2-6-18-8-12/h1-10H,(H,19,20,21). The largest absolute Gasteiger partial charge is 0.307 e. The molecule has 0 unspecified atom stereocenters. The lowest BCUT2D eigenvalue weighted by Gasteiger charge is -1.97. The molecule has 112 valence electrons. The van der Waals surface area contributed by atoms with Crippen LogP contribution in [0.4, 0.5) is 10.3 Å². The van der Waals surface area contributed by atoms with Gasteiger partial charge in [0.25, 0.3) is 0 Å². The molecular weight excluding hydrogens is 326 g/mol. The monoisotopic (exact) mass is 337 g/mol. The topological polar surface area (TPSA) is 63.6 Å². The van der Waals surface area contributed by atoms with Crippen LogP contribution in [0.1, 0.15) is 0 Å². The minimum Gasteiger partial charge on any atom is -0.307 e. The molecular formula is C16H11N5S2. The third-order valence-corrected chi connectivity index (χ3v) is 4.65. The fraction of sp³-hybridized carbons (Fsp3) is 0. The Kier molecular flexibility index (Phi) is 3.79. The molecule has 4 aromatic rings. The van der Waals surface area contributed by atoms with Gasteiger partial charge in [-0.15, -0.1) is 22.7 Å². The number of pyridine rings is 2. The fourth-order valence-corrected chi connectivity index (χ4v) is 3.55. The van der Waals surface area contributed by atoms with Crippen LogP contribution in [0.15, 0.2) is 59.8 Å². The molecule has 4 heterocycles. The van der Waals surface area contributed by atoms with Crippen molar-refractivity contribution >= 4 is 32.9 Å². The van der Waals surface area contributed by atoms with Crippen molar-refractivity contribution in [1.29, 1.82) is 0 Å². The Morgan fingerprint density at radius 2 is 1.26 bits per heavy atom. The minimum atomic E-state index is 0.816. The van der Waals surface area contributed by atoms with Gasteiger partial charge in [-0.3, -0.25) is 9.97 Å². The van der Waals surface area contributed by atoms with Crippen LogP contribution in [0.2, 0.25) is 0 Å². The van der Waals surface area contributed by atoms with Gasteiger partial charge in [0.1, 0.15) is 0 Å². The summed E-state index contributed by atoms with van der Waals surface area (Å²) in [7, 11) is 0. The van der Waals surface area contributed by atoms with Gasteiger partial charge < -0.3 is 5.32 Å². The number of nitrogens with one attached hydrogen (secondary N) is 1. The van der Waals surface area contributed by atoms with Gasteiger partial charge in [0.2, 0.25) is 0 Å². The lowest BCUT2D eigenvalue weighted by atomic mass is 10.2. The molecule has 0 atom stereocenters. The molecule has 0 amide bonds. The normalized spacial score (nSPS) is 10.6. The second kappa shape index (κ2) is 6.23. The number of nitrogens with zero attached hydrogens (tertiary/aromatic N) is 4. The van der Waals surface area contributed by atoms with Crippen molar-refractivity contribution in [3.63, 3.8) is 0 Å². The van der Waals surface area contributed by atoms with Crippen molar-refractivity contribution in [2.24, 2.45) is 0 Å². The van der Waals surface area contributed by atoms with Crippen molar-refractivity contribution < 1.29 is 0 Å². The minimum absolute atomic E-state index is 0.816. The Bertz CT molecular complexity index is 827. The van der Waals surface area contributed by atoms with Crippen molar-refractivity contribution in [3.05, 3.63) is 59.8 Å². The highest BCUT2D eigenvalue weighted by molar-refractivity contribution is 7.16. The maximum Gasteiger partial charge on any atom is 0.189 e. The highest BCUT2D eigenvalue weighted by atomic mass is 32.1. The second-order valence-corrected chi connectivity index (χ2v) is 6.40. The van der Waals surface area contributed by atoms with E-state index >= 15 is 0 Å². The lowest BCUT2D eigenvalue weighted by Crippen LogP contribution is -1.89. The van der Waals surface area contributed by atoms with Crippen LogP contribution in [-0.2, 0) is 0 Å². The van der Waals surface area contributed by atoms with Crippen molar-refractivity contribution in [2.75, 3.05) is 5.32 Å². The summed E-state index contributed by atoms with van der Waals surface area (Å²) in [6, 6.07) is 7.80. The number of aromatic nitrogens is 4. The molecule has 0 aliphatic heterocycles. The summed E-state index contributed by atoms with van der Waals surface area (Å²) in [5.74, 6) is 0. The molecule has 1 N–H and O–H groups in total. The number of rotatable bonds is 4. The second-order valence-electron chi connectivity index (χ2n) is 4.68. The van der Waals surface area contributed by atoms with E-state index in [1.165, 1.54) is 0 Å². The molecule has 0 spiro atoms. The Hall–Kier alpha value is -2.64. The number of hydrogen-bond acceptors (Lipinski definition) is 7. The zero-order chi connectivity index (χ0) is 15.5. The molecule has 4 aromatic heterocycles. The van der Waals surface area contributed by atoms with Crippen molar-refractivity contribution in [1.82, 2.24) is 19.9 Å². The number of anilines is 2. The average molecular weight is 337 g/mol. The van der Waals surface area contributed by atoms with Gasteiger partial charge in [-0.1, -0.05) is 0 Å². The molecule has 4 rings (SSSR count). The highest BCUT2D eigenvalue weighted by Crippen LogP contribution is 2.30. The molecule has 0 aliphatic rings. The van der Waals surface area contributed by atoms with Gasteiger partial charge in [-0.2, -0.15) is 0 Å². The molecule has 0 saturated carbocycles. The summed E-state index contributed by atoms with van der Waals surface area (Å²) in [5, 5.41) is 8.91. The van der Waals surface area contributed by atoms with E-state index in [0.717, 1.165) is 32.8 Å². The van der Waals surface area contributed by atoms with Crippen LogP contribution < -0.4 is 5.32 Å². The maximum absolute atomic E-state index is 4.58. The summed E-state index contributed by atoms with van der Waals surface area (Å²) in [5.41, 5.74) is 3.84. The smallest absolute Gasteiger partial charge is 0.189 e. The predicted molar refractivity (Wildman–Crippen MR) is 94.0 cm³/mol. The van der Waals surface area contributed by atoms with E-state index in [2.05, 4.69) is 25.3 Å². The van der Waals surface area contributed by atoms with Gasteiger partial charge in [-0.05, 0) is 24.3 Å². The van der Waals surface area contributed by atoms with E-state index in [1.807, 2.05) is 47.4 Å². The lowest BCUT2D eigenvalue weighted by molar-refractivity contribution is 1.29. The zero-order valence-electron chi connectivity index (χ0n) is 11.9. The van der Waals surface area contributed by atoms with E-state index in [1.54, 1.807) is 35.1 Å². The van der Waals surface area contributed by atoms with E-state index < -0.39 is 0 Å². The van der Waals surface area contributed by atoms with Crippen LogP contribution in [0.25, 0.3) is 22.5 Å². The summed E-state index contributed by atoms with van der Waals surface area (Å²) in [6.45, 7) is 0. The molecule has 23 heavy (non-hydrogen) atoms. The third-order valence-electron chi connectivity index (χ3n) is 3.14. The Balaban J connectivity index is 1.53. The molecule has 0 fully saturated rings. The van der Waals surface area contributed by atoms with Gasteiger partial charge >= 0.3 is 0 Å². The Morgan fingerprint density at radius 3 is 1.70 bits per heavy atom. The van der Waals surface area contributed by atoms with E-state index in [0.29, 0.717) is 0 Å². The molecule has 0 saturated heterocycles. The Morgan fingerprint density at radius 1 is 0.739 bits per heavy atom. The average Bonchev–Trinajstić information content (AvgIpc) is 3.27. The summed E-state index contributed by atoms with van der Waals surface area (Å²) < 4.78 is 0. The van der Waals surface area contributed by atoms with Crippen molar-refractivity contribution in [2.45, 2.75) is 0 Å². The number of hydrogen-bond donors (Lipinski definition) is 1. The fourth-order valence-electron chi connectivity index (χ4n) is 2.05. The van der Waals surface area contributed by atoms with Crippen molar-refractivity contribution in [3.8, 4) is 22.5 Å². The molecule has 5 nitrogen and oxygen atoms in total. The molecule has 7 heteroatoms. The summed E-state index contributed by atoms with van der Waals surface area (Å²) in [6.07, 6.45) is 7.13. The quantitative estimate of drug-likeness (QED) is 0.595. The first-order valence-corrected chi connectivity index (χ1v) is 8.63. The maximum atomic E-state index is 4.58. The van der Waals surface area contributed by atoms with Gasteiger partial charge in [0, 0.05) is 46.7 Å². The van der Waals surface area contributed by atoms with Gasteiger partial charge in [0.05, 0.1) is 11.4 Å². The first kappa shape index (κ1) is 14.0. The zero-order valence-corrected chi connectivity index (χ0v) is 13.5. The third kappa shape index (κ3) is 3.10. The van der Waals surface area contributed by atoms with Crippen LogP contribution in [-0.4, -0.2) is 19.9 Å². The SMILES string of the molecule is c1cncc(-c2csc(Nc3nc(-c4cccnc4)cs3)n2)c1. The number of thiazole rings is 2. The van der Waals surface area contributed by atoms with Gasteiger partial charge in [-0.25, -0.2) is 9.97 Å². The molecule has 0 aliphatic carbocycles. The van der Waals surface area contributed by atoms with Crippen LogP contribution >= 0.6 is 22.7 Å². The van der Waals surface area contributed by atoms with E-state index in [4.69, 9.17) is 0 Å². The molecule has 0 radical (unpaired) electrons.